The Morgan fingerprint density at radius 3 is 2.63 bits per heavy atom. The molecule has 0 radical (unpaired) electrons. The van der Waals surface area contributed by atoms with Crippen molar-refractivity contribution in [2.75, 3.05) is 24.8 Å². The zero-order valence-corrected chi connectivity index (χ0v) is 17.5. The maximum atomic E-state index is 11.6. The fourth-order valence-electron chi connectivity index (χ4n) is 3.27. The molecule has 0 aliphatic carbocycles. The van der Waals surface area contributed by atoms with E-state index in [9.17, 15) is 13.8 Å². The number of aromatic nitrogens is 3. The Kier molecular flexibility index (Phi) is 7.36. The summed E-state index contributed by atoms with van der Waals surface area (Å²) in [5.74, 6) is -1.06. The van der Waals surface area contributed by atoms with Crippen LogP contribution in [0.2, 0.25) is 0 Å². The zero-order chi connectivity index (χ0) is 21.5. The lowest BCUT2D eigenvalue weighted by molar-refractivity contribution is -0.137. The summed E-state index contributed by atoms with van der Waals surface area (Å²) in [6.07, 6.45) is 7.05. The van der Waals surface area contributed by atoms with E-state index in [4.69, 9.17) is 5.11 Å². The van der Waals surface area contributed by atoms with Gasteiger partial charge in [0.05, 0.1) is 26.9 Å². The van der Waals surface area contributed by atoms with Gasteiger partial charge in [0.1, 0.15) is 6.54 Å². The number of rotatable bonds is 5. The number of nitrogens with one attached hydrogen (secondary N) is 2. The van der Waals surface area contributed by atoms with Crippen molar-refractivity contribution in [3.8, 4) is 0 Å². The Labute approximate surface area is 176 Å². The van der Waals surface area contributed by atoms with Gasteiger partial charge in [0, 0.05) is 25.5 Å². The molecule has 0 saturated carbocycles. The summed E-state index contributed by atoms with van der Waals surface area (Å²) in [5.41, 5.74) is 4.79. The zero-order valence-electron chi connectivity index (χ0n) is 16.7. The maximum Gasteiger partial charge on any atom is 0.328 e. The second kappa shape index (κ2) is 10.2. The molecular formula is C20H25N5O4S. The van der Waals surface area contributed by atoms with E-state index in [1.165, 1.54) is 25.5 Å². The Bertz CT molecular complexity index is 1090. The first-order chi connectivity index (χ1) is 14.5. The number of hydrogen-bond acceptors (Lipinski definition) is 6. The molecular weight excluding hydrogens is 406 g/mol. The Hall–Kier alpha value is -2.98. The van der Waals surface area contributed by atoms with E-state index in [1.54, 1.807) is 18.4 Å². The minimum atomic E-state index is -1.06. The number of imidazole rings is 1. The quantitative estimate of drug-likeness (QED) is 0.565. The van der Waals surface area contributed by atoms with Crippen LogP contribution in [0.4, 0.5) is 5.69 Å². The SMILES string of the molecule is CS(=O)c1ccccc1NN1CCCCC1.O=C(O)Cn1c(=O)[nH]c2ncccc21. The lowest BCUT2D eigenvalue weighted by Gasteiger charge is -2.28. The first kappa shape index (κ1) is 21.7. The van der Waals surface area contributed by atoms with E-state index in [-0.39, 0.29) is 6.54 Å². The van der Waals surface area contributed by atoms with Crippen molar-refractivity contribution in [3.63, 3.8) is 0 Å². The minimum absolute atomic E-state index is 0.357. The normalized spacial score (nSPS) is 15.2. The number of carbonyl (C=O) groups is 1. The van der Waals surface area contributed by atoms with E-state index in [0.29, 0.717) is 11.2 Å². The van der Waals surface area contributed by atoms with Gasteiger partial charge in [-0.15, -0.1) is 0 Å². The van der Waals surface area contributed by atoms with Crippen molar-refractivity contribution >= 4 is 33.6 Å². The number of fused-ring (bicyclic) bond motifs is 1. The number of anilines is 1. The number of hydrogen-bond donors (Lipinski definition) is 3. The molecule has 1 saturated heterocycles. The number of para-hydroxylation sites is 1. The monoisotopic (exact) mass is 431 g/mol. The Morgan fingerprint density at radius 2 is 1.93 bits per heavy atom. The lowest BCUT2D eigenvalue weighted by atomic mass is 10.2. The molecule has 1 atom stereocenters. The van der Waals surface area contributed by atoms with Crippen LogP contribution in [0.3, 0.4) is 0 Å². The van der Waals surface area contributed by atoms with Gasteiger partial charge in [0.2, 0.25) is 0 Å². The summed E-state index contributed by atoms with van der Waals surface area (Å²) < 4.78 is 12.7. The van der Waals surface area contributed by atoms with Crippen molar-refractivity contribution in [1.29, 1.82) is 0 Å². The molecule has 1 fully saturated rings. The molecule has 3 aromatic rings. The summed E-state index contributed by atoms with van der Waals surface area (Å²) in [7, 11) is -0.934. The molecule has 0 spiro atoms. The van der Waals surface area contributed by atoms with Crippen LogP contribution in [0.5, 0.6) is 0 Å². The van der Waals surface area contributed by atoms with Crippen molar-refractivity contribution in [3.05, 3.63) is 53.1 Å². The molecule has 3 N–H and O–H groups in total. The van der Waals surface area contributed by atoms with Gasteiger partial charge in [-0.1, -0.05) is 18.6 Å². The molecule has 0 bridgehead atoms. The molecule has 160 valence electrons. The first-order valence-corrected chi connectivity index (χ1v) is 11.2. The van der Waals surface area contributed by atoms with Crippen LogP contribution in [-0.4, -0.2) is 54.2 Å². The van der Waals surface area contributed by atoms with Gasteiger partial charge in [-0.05, 0) is 37.1 Å². The van der Waals surface area contributed by atoms with Crippen molar-refractivity contribution < 1.29 is 14.1 Å². The number of aromatic amines is 1. The molecule has 3 heterocycles. The molecule has 2 aromatic heterocycles. The highest BCUT2D eigenvalue weighted by molar-refractivity contribution is 7.84. The first-order valence-electron chi connectivity index (χ1n) is 9.65. The standard InChI is InChI=1S/C12H18N2OS.C8H7N3O3/c1-16(15)12-8-4-3-7-11(12)13-14-9-5-2-6-10-14;12-6(13)4-11-5-2-1-3-9-7(5)10-8(11)14/h3-4,7-8,13H,2,5-6,9-10H2,1H3;1-3H,4H2,(H,12,13)(H,9,10,14). The van der Waals surface area contributed by atoms with Crippen LogP contribution in [0.25, 0.3) is 11.2 Å². The van der Waals surface area contributed by atoms with Crippen LogP contribution in [0.1, 0.15) is 19.3 Å². The second-order valence-electron chi connectivity index (χ2n) is 6.89. The maximum absolute atomic E-state index is 11.6. The van der Waals surface area contributed by atoms with Crippen molar-refractivity contribution in [2.45, 2.75) is 30.7 Å². The summed E-state index contributed by atoms with van der Waals surface area (Å²) in [4.78, 5) is 29.0. The topological polar surface area (TPSA) is 120 Å². The van der Waals surface area contributed by atoms with Gasteiger partial charge in [-0.25, -0.2) is 14.8 Å². The predicted octanol–water partition coefficient (Wildman–Crippen LogP) is 2.05. The third-order valence-corrected chi connectivity index (χ3v) is 5.65. The number of hydrazine groups is 1. The molecule has 30 heavy (non-hydrogen) atoms. The van der Waals surface area contributed by atoms with E-state index in [1.807, 2.05) is 24.3 Å². The van der Waals surface area contributed by atoms with E-state index >= 15 is 0 Å². The van der Waals surface area contributed by atoms with Crippen LogP contribution in [0, 0.1) is 0 Å². The van der Waals surface area contributed by atoms with E-state index in [0.717, 1.165) is 28.2 Å². The van der Waals surface area contributed by atoms with Crippen molar-refractivity contribution in [1.82, 2.24) is 19.5 Å². The Balaban J connectivity index is 0.000000172. The number of piperidine rings is 1. The number of nitrogens with zero attached hydrogens (tertiary/aromatic N) is 3. The van der Waals surface area contributed by atoms with Crippen LogP contribution >= 0.6 is 0 Å². The number of aliphatic carboxylic acids is 1. The molecule has 10 heteroatoms. The molecule has 1 aromatic carbocycles. The summed E-state index contributed by atoms with van der Waals surface area (Å²) in [6, 6.07) is 11.1. The highest BCUT2D eigenvalue weighted by Gasteiger charge is 2.12. The number of pyridine rings is 1. The van der Waals surface area contributed by atoms with Crippen LogP contribution in [0.15, 0.2) is 52.3 Å². The highest BCUT2D eigenvalue weighted by atomic mass is 32.2. The molecule has 1 aliphatic rings. The van der Waals surface area contributed by atoms with Gasteiger partial charge in [-0.3, -0.25) is 18.6 Å². The molecule has 1 unspecified atom stereocenters. The molecule has 0 amide bonds. The molecule has 1 aliphatic heterocycles. The van der Waals surface area contributed by atoms with Gasteiger partial charge < -0.3 is 10.5 Å². The van der Waals surface area contributed by atoms with Gasteiger partial charge in [-0.2, -0.15) is 0 Å². The van der Waals surface area contributed by atoms with Crippen LogP contribution in [-0.2, 0) is 22.1 Å². The van der Waals surface area contributed by atoms with E-state index < -0.39 is 22.5 Å². The van der Waals surface area contributed by atoms with Gasteiger partial charge in [0.15, 0.2) is 5.65 Å². The third-order valence-electron chi connectivity index (χ3n) is 4.67. The van der Waals surface area contributed by atoms with E-state index in [2.05, 4.69) is 20.4 Å². The summed E-state index contributed by atoms with van der Waals surface area (Å²) in [6.45, 7) is 1.79. The highest BCUT2D eigenvalue weighted by Crippen LogP contribution is 2.20. The minimum Gasteiger partial charge on any atom is -0.480 e. The van der Waals surface area contributed by atoms with Crippen molar-refractivity contribution in [2.24, 2.45) is 0 Å². The fraction of sp³-hybridized carbons (Fsp3) is 0.350. The smallest absolute Gasteiger partial charge is 0.328 e. The Morgan fingerprint density at radius 1 is 1.20 bits per heavy atom. The average Bonchev–Trinajstić information content (AvgIpc) is 3.04. The second-order valence-corrected chi connectivity index (χ2v) is 8.24. The molecule has 9 nitrogen and oxygen atoms in total. The predicted molar refractivity (Wildman–Crippen MR) is 116 cm³/mol. The summed E-state index contributed by atoms with van der Waals surface area (Å²) in [5, 5.41) is 10.8. The molecule has 4 rings (SSSR count). The third kappa shape index (κ3) is 5.55. The largest absolute Gasteiger partial charge is 0.480 e. The van der Waals surface area contributed by atoms with Gasteiger partial charge >= 0.3 is 11.7 Å². The number of carboxylic acid groups (broad SMARTS) is 1. The number of benzene rings is 1. The summed E-state index contributed by atoms with van der Waals surface area (Å²) >= 11 is 0. The van der Waals surface area contributed by atoms with Gasteiger partial charge in [0.25, 0.3) is 0 Å². The number of carboxylic acids is 1. The fourth-order valence-corrected chi connectivity index (χ4v) is 3.96. The lowest BCUT2D eigenvalue weighted by Crippen LogP contribution is -2.35. The van der Waals surface area contributed by atoms with Crippen LogP contribution < -0.4 is 11.1 Å². The average molecular weight is 432 g/mol. The number of H-pyrrole nitrogens is 1.